The highest BCUT2D eigenvalue weighted by Crippen LogP contribution is 2.25. The molecular formula is C19H17ClN2O2. The molecule has 0 atom stereocenters. The Morgan fingerprint density at radius 1 is 1.17 bits per heavy atom. The van der Waals surface area contributed by atoms with E-state index in [2.05, 4.69) is 5.32 Å². The molecule has 5 heteroatoms. The minimum absolute atomic E-state index is 0.166. The Kier molecular flexibility index (Phi) is 4.40. The number of hydrogen-bond donors (Lipinski definition) is 1. The summed E-state index contributed by atoms with van der Waals surface area (Å²) < 4.78 is 1.45. The molecule has 2 aromatic carbocycles. The van der Waals surface area contributed by atoms with Crippen molar-refractivity contribution in [2.45, 2.75) is 20.4 Å². The zero-order valence-electron chi connectivity index (χ0n) is 13.5. The van der Waals surface area contributed by atoms with Crippen molar-refractivity contribution in [2.24, 2.45) is 0 Å². The summed E-state index contributed by atoms with van der Waals surface area (Å²) in [6.07, 6.45) is 1.57. The number of aromatic nitrogens is 1. The molecule has 3 aromatic rings. The second-order valence-corrected chi connectivity index (χ2v) is 6.14. The van der Waals surface area contributed by atoms with Gasteiger partial charge in [-0.3, -0.25) is 14.2 Å². The van der Waals surface area contributed by atoms with Gasteiger partial charge in [-0.05, 0) is 30.2 Å². The molecule has 0 saturated heterocycles. The lowest BCUT2D eigenvalue weighted by molar-refractivity contribution is 0.0941. The molecule has 0 radical (unpaired) electrons. The SMILES string of the molecule is CC(=O)n1cc(C(=O)NCc2ccccc2C)c2ccc(Cl)cc21. The van der Waals surface area contributed by atoms with Crippen LogP contribution in [0.4, 0.5) is 0 Å². The zero-order chi connectivity index (χ0) is 17.3. The van der Waals surface area contributed by atoms with E-state index in [4.69, 9.17) is 11.6 Å². The summed E-state index contributed by atoms with van der Waals surface area (Å²) in [5, 5.41) is 4.15. The summed E-state index contributed by atoms with van der Waals surface area (Å²) in [4.78, 5) is 24.4. The van der Waals surface area contributed by atoms with E-state index in [0.29, 0.717) is 28.0 Å². The van der Waals surface area contributed by atoms with Crippen LogP contribution in [0, 0.1) is 6.92 Å². The predicted octanol–water partition coefficient (Wildman–Crippen LogP) is 4.19. The van der Waals surface area contributed by atoms with Crippen LogP contribution in [0.3, 0.4) is 0 Å². The fraction of sp³-hybridized carbons (Fsp3) is 0.158. The van der Waals surface area contributed by atoms with Crippen LogP contribution < -0.4 is 5.32 Å². The highest BCUT2D eigenvalue weighted by atomic mass is 35.5. The third-order valence-electron chi connectivity index (χ3n) is 4.05. The van der Waals surface area contributed by atoms with Gasteiger partial charge in [-0.15, -0.1) is 0 Å². The first kappa shape index (κ1) is 16.3. The first-order chi connectivity index (χ1) is 11.5. The molecule has 1 N–H and O–H groups in total. The normalized spacial score (nSPS) is 10.8. The molecule has 0 aliphatic carbocycles. The third-order valence-corrected chi connectivity index (χ3v) is 4.29. The molecule has 0 fully saturated rings. The van der Waals surface area contributed by atoms with Crippen molar-refractivity contribution in [3.63, 3.8) is 0 Å². The maximum atomic E-state index is 12.6. The number of nitrogens with zero attached hydrogens (tertiary/aromatic N) is 1. The number of nitrogens with one attached hydrogen (secondary N) is 1. The number of fused-ring (bicyclic) bond motifs is 1. The number of rotatable bonds is 3. The van der Waals surface area contributed by atoms with Gasteiger partial charge < -0.3 is 5.32 Å². The van der Waals surface area contributed by atoms with Gasteiger partial charge in [0.2, 0.25) is 5.91 Å². The molecule has 0 aliphatic rings. The summed E-state index contributed by atoms with van der Waals surface area (Å²) in [7, 11) is 0. The van der Waals surface area contributed by atoms with E-state index in [0.717, 1.165) is 11.1 Å². The minimum atomic E-state index is -0.217. The van der Waals surface area contributed by atoms with Crippen molar-refractivity contribution in [1.82, 2.24) is 9.88 Å². The number of carbonyl (C=O) groups is 2. The van der Waals surface area contributed by atoms with Gasteiger partial charge in [-0.2, -0.15) is 0 Å². The first-order valence-corrected chi connectivity index (χ1v) is 7.99. The summed E-state index contributed by atoms with van der Waals surface area (Å²) in [6, 6.07) is 13.1. The van der Waals surface area contributed by atoms with E-state index in [1.54, 1.807) is 24.4 Å². The quantitative estimate of drug-likeness (QED) is 0.777. The maximum absolute atomic E-state index is 12.6. The van der Waals surface area contributed by atoms with Crippen molar-refractivity contribution < 1.29 is 9.59 Å². The molecule has 0 bridgehead atoms. The van der Waals surface area contributed by atoms with Crippen molar-refractivity contribution in [1.29, 1.82) is 0 Å². The summed E-state index contributed by atoms with van der Waals surface area (Å²) in [5.41, 5.74) is 3.28. The molecule has 24 heavy (non-hydrogen) atoms. The molecule has 4 nitrogen and oxygen atoms in total. The van der Waals surface area contributed by atoms with Crippen molar-refractivity contribution >= 4 is 34.3 Å². The van der Waals surface area contributed by atoms with Crippen LogP contribution in [0.1, 0.15) is 33.2 Å². The van der Waals surface area contributed by atoms with E-state index in [9.17, 15) is 9.59 Å². The second-order valence-electron chi connectivity index (χ2n) is 5.70. The van der Waals surface area contributed by atoms with E-state index >= 15 is 0 Å². The van der Waals surface area contributed by atoms with Gasteiger partial charge in [-0.25, -0.2) is 0 Å². The summed E-state index contributed by atoms with van der Waals surface area (Å²) in [5.74, 6) is -0.384. The van der Waals surface area contributed by atoms with Crippen LogP contribution in [0.25, 0.3) is 10.9 Å². The molecule has 0 saturated carbocycles. The van der Waals surface area contributed by atoms with E-state index < -0.39 is 0 Å². The summed E-state index contributed by atoms with van der Waals surface area (Å²) >= 11 is 6.02. The van der Waals surface area contributed by atoms with Crippen LogP contribution in [-0.2, 0) is 6.54 Å². The van der Waals surface area contributed by atoms with Gasteiger partial charge in [0.1, 0.15) is 0 Å². The first-order valence-electron chi connectivity index (χ1n) is 7.61. The average Bonchev–Trinajstić information content (AvgIpc) is 2.92. The molecule has 1 aromatic heterocycles. The molecular weight excluding hydrogens is 324 g/mol. The Labute approximate surface area is 145 Å². The number of amides is 1. The minimum Gasteiger partial charge on any atom is -0.348 e. The largest absolute Gasteiger partial charge is 0.348 e. The Morgan fingerprint density at radius 3 is 2.62 bits per heavy atom. The van der Waals surface area contributed by atoms with Crippen LogP contribution in [0.2, 0.25) is 5.02 Å². The van der Waals surface area contributed by atoms with Gasteiger partial charge in [0.25, 0.3) is 5.91 Å². The lowest BCUT2D eigenvalue weighted by Crippen LogP contribution is -2.23. The number of aryl methyl sites for hydroxylation is 1. The number of halogens is 1. The fourth-order valence-corrected chi connectivity index (χ4v) is 2.89. The molecule has 1 amide bonds. The van der Waals surface area contributed by atoms with E-state index in [1.807, 2.05) is 31.2 Å². The van der Waals surface area contributed by atoms with Crippen molar-refractivity contribution in [2.75, 3.05) is 0 Å². The molecule has 0 unspecified atom stereocenters. The van der Waals surface area contributed by atoms with Gasteiger partial charge in [0.05, 0.1) is 11.1 Å². The average molecular weight is 341 g/mol. The third kappa shape index (κ3) is 3.05. The highest BCUT2D eigenvalue weighted by molar-refractivity contribution is 6.31. The predicted molar refractivity (Wildman–Crippen MR) is 95.6 cm³/mol. The van der Waals surface area contributed by atoms with Gasteiger partial charge in [-0.1, -0.05) is 41.9 Å². The van der Waals surface area contributed by atoms with Crippen molar-refractivity contribution in [3.05, 3.63) is 70.4 Å². The molecule has 3 rings (SSSR count). The zero-order valence-corrected chi connectivity index (χ0v) is 14.2. The molecule has 0 aliphatic heterocycles. The summed E-state index contributed by atoms with van der Waals surface area (Å²) in [6.45, 7) is 3.90. The van der Waals surface area contributed by atoms with Crippen LogP contribution in [0.5, 0.6) is 0 Å². The van der Waals surface area contributed by atoms with Crippen LogP contribution >= 0.6 is 11.6 Å². The molecule has 122 valence electrons. The smallest absolute Gasteiger partial charge is 0.253 e. The fourth-order valence-electron chi connectivity index (χ4n) is 2.72. The van der Waals surface area contributed by atoms with Gasteiger partial charge in [0.15, 0.2) is 0 Å². The van der Waals surface area contributed by atoms with Gasteiger partial charge >= 0.3 is 0 Å². The monoisotopic (exact) mass is 340 g/mol. The van der Waals surface area contributed by atoms with Gasteiger partial charge in [0, 0.05) is 30.1 Å². The van der Waals surface area contributed by atoms with E-state index in [1.165, 1.54) is 11.5 Å². The Morgan fingerprint density at radius 2 is 1.92 bits per heavy atom. The second kappa shape index (κ2) is 6.49. The standard InChI is InChI=1S/C19H17ClN2O2/c1-12-5-3-4-6-14(12)10-21-19(24)17-11-22(13(2)23)18-9-15(20)7-8-16(17)18/h3-9,11H,10H2,1-2H3,(H,21,24). The highest BCUT2D eigenvalue weighted by Gasteiger charge is 2.17. The molecule has 0 spiro atoms. The lowest BCUT2D eigenvalue weighted by atomic mass is 10.1. The number of hydrogen-bond acceptors (Lipinski definition) is 2. The molecule has 1 heterocycles. The number of carbonyl (C=O) groups excluding carboxylic acids is 2. The van der Waals surface area contributed by atoms with Crippen LogP contribution in [0.15, 0.2) is 48.7 Å². The lowest BCUT2D eigenvalue weighted by Gasteiger charge is -2.07. The maximum Gasteiger partial charge on any atom is 0.253 e. The number of benzene rings is 2. The Balaban J connectivity index is 1.93. The van der Waals surface area contributed by atoms with Crippen molar-refractivity contribution in [3.8, 4) is 0 Å². The Bertz CT molecular complexity index is 944. The van der Waals surface area contributed by atoms with Crippen LogP contribution in [-0.4, -0.2) is 16.4 Å². The Hall–Kier alpha value is -2.59. The van der Waals surface area contributed by atoms with E-state index in [-0.39, 0.29) is 11.8 Å². The topological polar surface area (TPSA) is 51.1 Å².